The Morgan fingerprint density at radius 3 is 3.06 bits per heavy atom. The molecule has 0 saturated carbocycles. The Labute approximate surface area is 105 Å². The maximum Gasteiger partial charge on any atom is 0.0807 e. The molecular formula is C12H15Cl2NO. The molecule has 1 atom stereocenters. The van der Waals surface area contributed by atoms with E-state index < -0.39 is 0 Å². The molecule has 0 aromatic carbocycles. The third-order valence-corrected chi connectivity index (χ3v) is 3.59. The molecule has 4 heteroatoms. The van der Waals surface area contributed by atoms with Gasteiger partial charge in [0.1, 0.15) is 0 Å². The second kappa shape index (κ2) is 5.26. The molecule has 2 nitrogen and oxygen atoms in total. The summed E-state index contributed by atoms with van der Waals surface area (Å²) < 4.78 is 1.99. The van der Waals surface area contributed by atoms with Crippen LogP contribution in [0.25, 0.3) is 0 Å². The van der Waals surface area contributed by atoms with Crippen LogP contribution in [0.3, 0.4) is 0 Å². The largest absolute Gasteiger partial charge is 0.388 e. The molecule has 88 valence electrons. The van der Waals surface area contributed by atoms with Gasteiger partial charge in [-0.1, -0.05) is 29.6 Å². The SMILES string of the molecule is OC1CCCCc2cn(C/C(Cl)=C/Cl)cc21. The van der Waals surface area contributed by atoms with Crippen LogP contribution in [0, 0.1) is 0 Å². The molecule has 1 heterocycles. The number of nitrogens with zero attached hydrogens (tertiary/aromatic N) is 1. The summed E-state index contributed by atoms with van der Waals surface area (Å²) in [4.78, 5) is 0. The number of aliphatic hydroxyl groups excluding tert-OH is 1. The van der Waals surface area contributed by atoms with Gasteiger partial charge in [0.15, 0.2) is 0 Å². The van der Waals surface area contributed by atoms with Crippen LogP contribution in [0.4, 0.5) is 0 Å². The van der Waals surface area contributed by atoms with Crippen molar-refractivity contribution in [2.75, 3.05) is 0 Å². The summed E-state index contributed by atoms with van der Waals surface area (Å²) >= 11 is 11.4. The lowest BCUT2D eigenvalue weighted by atomic mass is 10.1. The lowest BCUT2D eigenvalue weighted by Crippen LogP contribution is -1.97. The van der Waals surface area contributed by atoms with E-state index in [1.165, 1.54) is 11.1 Å². The van der Waals surface area contributed by atoms with Crippen molar-refractivity contribution in [3.63, 3.8) is 0 Å². The van der Waals surface area contributed by atoms with Crippen LogP contribution in [0.1, 0.15) is 36.5 Å². The van der Waals surface area contributed by atoms with Gasteiger partial charge in [-0.25, -0.2) is 0 Å². The van der Waals surface area contributed by atoms with Crippen LogP contribution >= 0.6 is 23.2 Å². The molecule has 1 aromatic heterocycles. The first-order valence-electron chi connectivity index (χ1n) is 5.52. The Balaban J connectivity index is 2.22. The van der Waals surface area contributed by atoms with Gasteiger partial charge in [-0.3, -0.25) is 0 Å². The zero-order chi connectivity index (χ0) is 11.5. The van der Waals surface area contributed by atoms with Gasteiger partial charge in [-0.05, 0) is 24.8 Å². The van der Waals surface area contributed by atoms with Gasteiger partial charge in [-0.2, -0.15) is 0 Å². The molecule has 0 amide bonds. The van der Waals surface area contributed by atoms with Crippen molar-refractivity contribution < 1.29 is 5.11 Å². The summed E-state index contributed by atoms with van der Waals surface area (Å²) in [6, 6.07) is 0. The molecule has 0 radical (unpaired) electrons. The van der Waals surface area contributed by atoms with Crippen LogP contribution in [0.5, 0.6) is 0 Å². The van der Waals surface area contributed by atoms with Crippen LogP contribution in [-0.2, 0) is 13.0 Å². The van der Waals surface area contributed by atoms with E-state index in [2.05, 4.69) is 6.20 Å². The van der Waals surface area contributed by atoms with E-state index in [4.69, 9.17) is 23.2 Å². The van der Waals surface area contributed by atoms with Crippen molar-refractivity contribution in [3.8, 4) is 0 Å². The van der Waals surface area contributed by atoms with Crippen molar-refractivity contribution in [2.45, 2.75) is 38.3 Å². The van der Waals surface area contributed by atoms with Crippen molar-refractivity contribution in [1.82, 2.24) is 4.57 Å². The highest BCUT2D eigenvalue weighted by Gasteiger charge is 2.18. The number of halogens is 2. The van der Waals surface area contributed by atoms with Gasteiger partial charge in [0.05, 0.1) is 12.6 Å². The Morgan fingerprint density at radius 2 is 2.31 bits per heavy atom. The topological polar surface area (TPSA) is 25.2 Å². The normalized spacial score (nSPS) is 21.7. The third-order valence-electron chi connectivity index (χ3n) is 2.98. The average Bonchev–Trinajstić information content (AvgIpc) is 2.59. The zero-order valence-electron chi connectivity index (χ0n) is 9.00. The van der Waals surface area contributed by atoms with Gasteiger partial charge in [0.2, 0.25) is 0 Å². The van der Waals surface area contributed by atoms with Gasteiger partial charge in [-0.15, -0.1) is 0 Å². The molecule has 0 fully saturated rings. The average molecular weight is 260 g/mol. The number of aliphatic hydroxyl groups is 1. The smallest absolute Gasteiger partial charge is 0.0807 e. The highest BCUT2D eigenvalue weighted by atomic mass is 35.5. The minimum atomic E-state index is -0.322. The molecule has 0 saturated heterocycles. The van der Waals surface area contributed by atoms with E-state index in [1.54, 1.807) is 0 Å². The minimum Gasteiger partial charge on any atom is -0.388 e. The lowest BCUT2D eigenvalue weighted by Gasteiger charge is -2.06. The summed E-state index contributed by atoms with van der Waals surface area (Å²) in [7, 11) is 0. The third kappa shape index (κ3) is 2.62. The van der Waals surface area contributed by atoms with E-state index in [-0.39, 0.29) is 6.10 Å². The van der Waals surface area contributed by atoms with E-state index in [0.29, 0.717) is 11.6 Å². The molecule has 16 heavy (non-hydrogen) atoms. The van der Waals surface area contributed by atoms with Gasteiger partial charge < -0.3 is 9.67 Å². The maximum absolute atomic E-state index is 9.96. The number of aryl methyl sites for hydroxylation is 1. The second-order valence-corrected chi connectivity index (χ2v) is 4.93. The molecule has 1 aliphatic rings. The van der Waals surface area contributed by atoms with Crippen LogP contribution in [0.15, 0.2) is 23.0 Å². The summed E-state index contributed by atoms with van der Waals surface area (Å²) in [6.45, 7) is 0.574. The fourth-order valence-electron chi connectivity index (χ4n) is 2.19. The van der Waals surface area contributed by atoms with Crippen molar-refractivity contribution in [1.29, 1.82) is 0 Å². The molecule has 0 spiro atoms. The Morgan fingerprint density at radius 1 is 1.50 bits per heavy atom. The zero-order valence-corrected chi connectivity index (χ0v) is 10.5. The molecular weight excluding hydrogens is 245 g/mol. The number of allylic oxidation sites excluding steroid dienone is 1. The van der Waals surface area contributed by atoms with Crippen LogP contribution < -0.4 is 0 Å². The van der Waals surface area contributed by atoms with Gasteiger partial charge in [0, 0.05) is 28.5 Å². The van der Waals surface area contributed by atoms with E-state index >= 15 is 0 Å². The summed E-state index contributed by atoms with van der Waals surface area (Å²) in [5.41, 5.74) is 3.67. The number of rotatable bonds is 2. The number of hydrogen-bond donors (Lipinski definition) is 1. The maximum atomic E-state index is 9.96. The summed E-state index contributed by atoms with van der Waals surface area (Å²) in [6.07, 6.45) is 7.86. The molecule has 0 bridgehead atoms. The van der Waals surface area contributed by atoms with Crippen LogP contribution in [0.2, 0.25) is 0 Å². The van der Waals surface area contributed by atoms with Crippen LogP contribution in [-0.4, -0.2) is 9.67 Å². The van der Waals surface area contributed by atoms with Gasteiger partial charge in [0.25, 0.3) is 0 Å². The molecule has 1 unspecified atom stereocenters. The molecule has 1 N–H and O–H groups in total. The molecule has 2 rings (SSSR count). The highest BCUT2D eigenvalue weighted by Crippen LogP contribution is 2.29. The van der Waals surface area contributed by atoms with E-state index in [0.717, 1.165) is 31.2 Å². The Hall–Kier alpha value is -0.440. The Bertz CT molecular complexity index is 398. The molecule has 1 aliphatic carbocycles. The van der Waals surface area contributed by atoms with E-state index in [9.17, 15) is 5.11 Å². The first-order valence-corrected chi connectivity index (χ1v) is 6.33. The summed E-state index contributed by atoms with van der Waals surface area (Å²) in [5.74, 6) is 0. The first kappa shape index (κ1) is 12.0. The second-order valence-electron chi connectivity index (χ2n) is 4.23. The fourth-order valence-corrected chi connectivity index (χ4v) is 2.40. The predicted octanol–water partition coefficient (Wildman–Crippen LogP) is 3.57. The van der Waals surface area contributed by atoms with E-state index in [1.807, 2.05) is 10.8 Å². The monoisotopic (exact) mass is 259 g/mol. The fraction of sp³-hybridized carbons (Fsp3) is 0.500. The standard InChI is InChI=1S/C12H15Cl2NO/c13-5-10(14)7-15-6-9-3-1-2-4-12(16)11(9)8-15/h5-6,8,12,16H,1-4,7H2/b10-5-. The molecule has 0 aliphatic heterocycles. The van der Waals surface area contributed by atoms with Crippen molar-refractivity contribution in [2.24, 2.45) is 0 Å². The first-order chi connectivity index (χ1) is 7.70. The number of fused-ring (bicyclic) bond motifs is 1. The van der Waals surface area contributed by atoms with Crippen molar-refractivity contribution in [3.05, 3.63) is 34.1 Å². The minimum absolute atomic E-state index is 0.322. The predicted molar refractivity (Wildman–Crippen MR) is 66.7 cm³/mol. The highest BCUT2D eigenvalue weighted by molar-refractivity contribution is 6.36. The van der Waals surface area contributed by atoms with Crippen molar-refractivity contribution >= 4 is 23.2 Å². The number of aromatic nitrogens is 1. The Kier molecular flexibility index (Phi) is 3.95. The molecule has 1 aromatic rings. The summed E-state index contributed by atoms with van der Waals surface area (Å²) in [5, 5.41) is 10.6. The van der Waals surface area contributed by atoms with Gasteiger partial charge >= 0.3 is 0 Å². The number of hydrogen-bond acceptors (Lipinski definition) is 1. The quantitative estimate of drug-likeness (QED) is 0.808. The lowest BCUT2D eigenvalue weighted by molar-refractivity contribution is 0.166.